The first-order valence-electron chi connectivity index (χ1n) is 8.58. The van der Waals surface area contributed by atoms with E-state index in [-0.39, 0.29) is 11.8 Å². The van der Waals surface area contributed by atoms with Gasteiger partial charge in [0.05, 0.1) is 5.41 Å². The minimum atomic E-state index is -0.465. The van der Waals surface area contributed by atoms with Crippen molar-refractivity contribution in [3.63, 3.8) is 0 Å². The summed E-state index contributed by atoms with van der Waals surface area (Å²) in [5.74, 6) is 0.0982. The zero-order valence-electron chi connectivity index (χ0n) is 14.2. The van der Waals surface area contributed by atoms with Gasteiger partial charge in [-0.1, -0.05) is 24.3 Å². The van der Waals surface area contributed by atoms with Gasteiger partial charge in [-0.2, -0.15) is 0 Å². The van der Waals surface area contributed by atoms with E-state index in [2.05, 4.69) is 23.1 Å². The monoisotopic (exact) mass is 314 g/mol. The van der Waals surface area contributed by atoms with Crippen LogP contribution in [0.5, 0.6) is 0 Å². The fraction of sp³-hybridized carbons (Fsp3) is 0.579. The lowest BCUT2D eigenvalue weighted by Gasteiger charge is -2.32. The zero-order valence-corrected chi connectivity index (χ0v) is 14.2. The van der Waals surface area contributed by atoms with Crippen LogP contribution < -0.4 is 0 Å². The third-order valence-electron chi connectivity index (χ3n) is 5.25. The summed E-state index contributed by atoms with van der Waals surface area (Å²) in [7, 11) is 4.08. The maximum Gasteiger partial charge on any atom is 0.236 e. The van der Waals surface area contributed by atoms with Gasteiger partial charge in [-0.05, 0) is 63.9 Å². The lowest BCUT2D eigenvalue weighted by Crippen LogP contribution is -2.39. The normalized spacial score (nSPS) is 23.9. The Bertz CT molecular complexity index is 611. The lowest BCUT2D eigenvalue weighted by molar-refractivity contribution is -0.141. The number of rotatable bonds is 5. The number of fused-ring (bicyclic) bond motifs is 1. The Kier molecular flexibility index (Phi) is 4.53. The molecule has 0 saturated carbocycles. The average Bonchev–Trinajstić information content (AvgIpc) is 2.74. The van der Waals surface area contributed by atoms with Crippen LogP contribution in [0.3, 0.4) is 0 Å². The van der Waals surface area contributed by atoms with Gasteiger partial charge in [0.25, 0.3) is 0 Å². The van der Waals surface area contributed by atoms with Crippen molar-refractivity contribution in [1.82, 2.24) is 9.80 Å². The van der Waals surface area contributed by atoms with Crippen LogP contribution in [0.15, 0.2) is 24.3 Å². The van der Waals surface area contributed by atoms with Gasteiger partial charge in [-0.15, -0.1) is 0 Å². The van der Waals surface area contributed by atoms with Crippen molar-refractivity contribution in [3.05, 3.63) is 35.4 Å². The Balaban J connectivity index is 1.67. The molecule has 1 spiro atoms. The van der Waals surface area contributed by atoms with Crippen molar-refractivity contribution < 1.29 is 9.59 Å². The number of hydrogen-bond donors (Lipinski definition) is 0. The number of amides is 2. The van der Waals surface area contributed by atoms with Crippen LogP contribution in [0.1, 0.15) is 36.8 Å². The SMILES string of the molecule is CN(C)CCCCN1C(=O)CC2(CCc3ccccc3C2)C1=O. The number of aryl methyl sites for hydroxylation is 1. The van der Waals surface area contributed by atoms with Crippen LogP contribution in [0, 0.1) is 5.41 Å². The van der Waals surface area contributed by atoms with Crippen LogP contribution in [-0.2, 0) is 22.4 Å². The highest BCUT2D eigenvalue weighted by molar-refractivity contribution is 6.06. The Morgan fingerprint density at radius 3 is 2.57 bits per heavy atom. The van der Waals surface area contributed by atoms with Crippen LogP contribution in [0.4, 0.5) is 0 Å². The van der Waals surface area contributed by atoms with E-state index in [1.165, 1.54) is 16.0 Å². The maximum absolute atomic E-state index is 12.9. The van der Waals surface area contributed by atoms with E-state index >= 15 is 0 Å². The second kappa shape index (κ2) is 6.44. The van der Waals surface area contributed by atoms with Gasteiger partial charge in [-0.3, -0.25) is 14.5 Å². The van der Waals surface area contributed by atoms with Gasteiger partial charge in [-0.25, -0.2) is 0 Å². The lowest BCUT2D eigenvalue weighted by atomic mass is 9.70. The molecular weight excluding hydrogens is 288 g/mol. The van der Waals surface area contributed by atoms with E-state index in [1.54, 1.807) is 0 Å². The highest BCUT2D eigenvalue weighted by Gasteiger charge is 2.52. The minimum absolute atomic E-state index is 0.0271. The Morgan fingerprint density at radius 2 is 1.83 bits per heavy atom. The van der Waals surface area contributed by atoms with Gasteiger partial charge in [0, 0.05) is 13.0 Å². The molecule has 2 amide bonds. The molecule has 1 fully saturated rings. The molecule has 0 N–H and O–H groups in total. The maximum atomic E-state index is 12.9. The molecule has 0 bridgehead atoms. The highest BCUT2D eigenvalue weighted by atomic mass is 16.2. The largest absolute Gasteiger partial charge is 0.309 e. The summed E-state index contributed by atoms with van der Waals surface area (Å²) >= 11 is 0. The molecule has 2 aliphatic rings. The fourth-order valence-corrected chi connectivity index (χ4v) is 3.92. The number of likely N-dealkylation sites (tertiary alicyclic amines) is 1. The van der Waals surface area contributed by atoms with Crippen LogP contribution in [0.2, 0.25) is 0 Å². The number of nitrogens with zero attached hydrogens (tertiary/aromatic N) is 2. The average molecular weight is 314 g/mol. The van der Waals surface area contributed by atoms with Crippen molar-refractivity contribution in [2.75, 3.05) is 27.2 Å². The first-order valence-corrected chi connectivity index (χ1v) is 8.58. The molecule has 4 nitrogen and oxygen atoms in total. The molecular formula is C19H26N2O2. The molecule has 0 radical (unpaired) electrons. The molecule has 23 heavy (non-hydrogen) atoms. The summed E-state index contributed by atoms with van der Waals surface area (Å²) in [6.45, 7) is 1.57. The van der Waals surface area contributed by atoms with Crippen LogP contribution >= 0.6 is 0 Å². The molecule has 1 aliphatic carbocycles. The summed E-state index contributed by atoms with van der Waals surface area (Å²) < 4.78 is 0. The van der Waals surface area contributed by atoms with E-state index in [4.69, 9.17) is 0 Å². The zero-order chi connectivity index (χ0) is 16.4. The first kappa shape index (κ1) is 16.2. The number of carbonyl (C=O) groups is 2. The number of unbranched alkanes of at least 4 members (excludes halogenated alkanes) is 1. The van der Waals surface area contributed by atoms with Crippen molar-refractivity contribution in [2.45, 2.75) is 38.5 Å². The number of hydrogen-bond acceptors (Lipinski definition) is 3. The van der Waals surface area contributed by atoms with Gasteiger partial charge in [0.2, 0.25) is 11.8 Å². The van der Waals surface area contributed by atoms with Gasteiger partial charge >= 0.3 is 0 Å². The summed E-state index contributed by atoms with van der Waals surface area (Å²) in [6.07, 6.45) is 4.74. The number of carbonyl (C=O) groups excluding carboxylic acids is 2. The predicted octanol–water partition coefficient (Wildman–Crippen LogP) is 2.26. The molecule has 124 valence electrons. The minimum Gasteiger partial charge on any atom is -0.309 e. The van der Waals surface area contributed by atoms with Crippen LogP contribution in [0.25, 0.3) is 0 Å². The van der Waals surface area contributed by atoms with Gasteiger partial charge < -0.3 is 4.90 Å². The Hall–Kier alpha value is -1.68. The quantitative estimate of drug-likeness (QED) is 0.618. The van der Waals surface area contributed by atoms with Crippen LogP contribution in [-0.4, -0.2) is 48.8 Å². The summed E-state index contributed by atoms with van der Waals surface area (Å²) in [6, 6.07) is 8.32. The number of imide groups is 1. The molecule has 1 aromatic rings. The first-order chi connectivity index (χ1) is 11.0. The predicted molar refractivity (Wildman–Crippen MR) is 90.0 cm³/mol. The second-order valence-corrected chi connectivity index (χ2v) is 7.26. The molecule has 0 aromatic heterocycles. The fourth-order valence-electron chi connectivity index (χ4n) is 3.92. The van der Waals surface area contributed by atoms with E-state index in [1.807, 2.05) is 20.2 Å². The summed E-state index contributed by atoms with van der Waals surface area (Å²) in [5, 5.41) is 0. The van der Waals surface area contributed by atoms with E-state index in [0.29, 0.717) is 13.0 Å². The van der Waals surface area contributed by atoms with E-state index < -0.39 is 5.41 Å². The molecule has 1 aromatic carbocycles. The van der Waals surface area contributed by atoms with E-state index in [0.717, 1.165) is 38.6 Å². The molecule has 3 rings (SSSR count). The summed E-state index contributed by atoms with van der Waals surface area (Å²) in [5.41, 5.74) is 2.12. The van der Waals surface area contributed by atoms with Gasteiger partial charge in [0.1, 0.15) is 0 Å². The molecule has 4 heteroatoms. The third-order valence-corrected chi connectivity index (χ3v) is 5.25. The molecule has 1 unspecified atom stereocenters. The molecule has 1 heterocycles. The van der Waals surface area contributed by atoms with Crippen molar-refractivity contribution in [1.29, 1.82) is 0 Å². The highest BCUT2D eigenvalue weighted by Crippen LogP contribution is 2.44. The van der Waals surface area contributed by atoms with Gasteiger partial charge in [0.15, 0.2) is 0 Å². The molecule has 1 saturated heterocycles. The Labute approximate surface area is 138 Å². The third kappa shape index (κ3) is 3.18. The number of benzene rings is 1. The standard InChI is InChI=1S/C19H26N2O2/c1-20(2)11-5-6-12-21-17(22)14-19(18(21)23)10-9-15-7-3-4-8-16(15)13-19/h3-4,7-8H,5-6,9-14H2,1-2H3. The van der Waals surface area contributed by atoms with Crippen molar-refractivity contribution >= 4 is 11.8 Å². The summed E-state index contributed by atoms with van der Waals surface area (Å²) in [4.78, 5) is 29.0. The van der Waals surface area contributed by atoms with Crippen molar-refractivity contribution in [2.24, 2.45) is 5.41 Å². The smallest absolute Gasteiger partial charge is 0.236 e. The van der Waals surface area contributed by atoms with Crippen molar-refractivity contribution in [3.8, 4) is 0 Å². The second-order valence-electron chi connectivity index (χ2n) is 7.26. The topological polar surface area (TPSA) is 40.6 Å². The molecule has 1 atom stereocenters. The molecule has 1 aliphatic heterocycles. The van der Waals surface area contributed by atoms with E-state index in [9.17, 15) is 9.59 Å². The Morgan fingerprint density at radius 1 is 1.09 bits per heavy atom.